The number of anilines is 1. The van der Waals surface area contributed by atoms with E-state index in [-0.39, 0.29) is 24.5 Å². The molecule has 4 nitrogen and oxygen atoms in total. The van der Waals surface area contributed by atoms with Gasteiger partial charge in [0.15, 0.2) is 6.61 Å². The molecule has 1 heterocycles. The first kappa shape index (κ1) is 25.1. The highest BCUT2D eigenvalue weighted by molar-refractivity contribution is 5.90. The fourth-order valence-corrected chi connectivity index (χ4v) is 2.44. The molecule has 12 heteroatoms. The fourth-order valence-electron chi connectivity index (χ4n) is 2.44. The van der Waals surface area contributed by atoms with Gasteiger partial charge in [-0.3, -0.25) is 4.79 Å². The van der Waals surface area contributed by atoms with Gasteiger partial charge in [-0.2, -0.15) is 40.1 Å². The van der Waals surface area contributed by atoms with Gasteiger partial charge < -0.3 is 10.1 Å². The van der Waals surface area contributed by atoms with Crippen molar-refractivity contribution >= 4 is 11.7 Å². The molecule has 0 radical (unpaired) electrons. The average molecular weight is 468 g/mol. The number of nitrogens with zero attached hydrogens (tertiary/aromatic N) is 1. The molecule has 1 N–H and O–H groups in total. The van der Waals surface area contributed by atoms with E-state index in [1.165, 1.54) is 12.1 Å². The van der Waals surface area contributed by atoms with Gasteiger partial charge in [-0.1, -0.05) is 30.8 Å². The molecule has 1 aromatic heterocycles. The van der Waals surface area contributed by atoms with E-state index in [0.717, 1.165) is 12.1 Å². The third-order valence-corrected chi connectivity index (χ3v) is 4.02. The minimum Gasteiger partial charge on any atom is -0.468 e. The molecule has 0 unspecified atom stereocenters. The van der Waals surface area contributed by atoms with Gasteiger partial charge in [-0.25, -0.2) is 0 Å². The number of hydrogen-bond acceptors (Lipinski definition) is 3. The van der Waals surface area contributed by atoms with E-state index in [9.17, 15) is 39.9 Å². The average Bonchev–Trinajstić information content (AvgIpc) is 2.70. The van der Waals surface area contributed by atoms with Gasteiger partial charge in [0.1, 0.15) is 5.82 Å². The van der Waals surface area contributed by atoms with E-state index in [2.05, 4.69) is 21.6 Å². The second kappa shape index (κ2) is 9.53. The maximum Gasteiger partial charge on any atom is 0.422 e. The normalized spacial score (nSPS) is 12.4. The lowest BCUT2D eigenvalue weighted by atomic mass is 10.0. The van der Waals surface area contributed by atoms with E-state index in [1.807, 2.05) is 0 Å². The molecule has 1 aromatic carbocycles. The standard InChI is InChI=1S/C20H16F8N2O2/c1-2-18(21,22)13-6-3-12(4-7-13)5-8-16(31)29-15-9-14(20(26,27)28)10-17(30-15)32-11-19(23,24)25/h2-4,6-7,9-10H,1,5,8,11H2,(H,29,30,31). The van der Waals surface area contributed by atoms with Gasteiger partial charge in [0.25, 0.3) is 5.92 Å². The summed E-state index contributed by atoms with van der Waals surface area (Å²) in [6.45, 7) is 1.17. The molecule has 0 bridgehead atoms. The largest absolute Gasteiger partial charge is 0.468 e. The topological polar surface area (TPSA) is 51.2 Å². The van der Waals surface area contributed by atoms with Gasteiger partial charge in [-0.05, 0) is 24.1 Å². The van der Waals surface area contributed by atoms with Gasteiger partial charge in [0.05, 0.1) is 5.56 Å². The van der Waals surface area contributed by atoms with Crippen LogP contribution < -0.4 is 10.1 Å². The summed E-state index contributed by atoms with van der Waals surface area (Å²) in [4.78, 5) is 15.5. The number of rotatable bonds is 8. The number of aromatic nitrogens is 1. The minimum atomic E-state index is -4.92. The van der Waals surface area contributed by atoms with Crippen LogP contribution in [0.25, 0.3) is 0 Å². The Hall–Kier alpha value is -3.18. The van der Waals surface area contributed by atoms with Crippen molar-refractivity contribution in [1.29, 1.82) is 0 Å². The zero-order valence-electron chi connectivity index (χ0n) is 16.2. The van der Waals surface area contributed by atoms with Crippen LogP contribution in [0, 0.1) is 0 Å². The van der Waals surface area contributed by atoms with Crippen LogP contribution in [0.3, 0.4) is 0 Å². The molecule has 0 aliphatic rings. The van der Waals surface area contributed by atoms with Crippen molar-refractivity contribution in [1.82, 2.24) is 4.98 Å². The summed E-state index contributed by atoms with van der Waals surface area (Å²) >= 11 is 0. The first-order chi connectivity index (χ1) is 14.7. The summed E-state index contributed by atoms with van der Waals surface area (Å²) in [6, 6.07) is 5.73. The van der Waals surface area contributed by atoms with E-state index in [4.69, 9.17) is 0 Å². The number of pyridine rings is 1. The molecular formula is C20H16F8N2O2. The van der Waals surface area contributed by atoms with Crippen LogP contribution in [0.2, 0.25) is 0 Å². The number of carbonyl (C=O) groups excluding carboxylic acids is 1. The van der Waals surface area contributed by atoms with Crippen molar-refractivity contribution in [3.8, 4) is 5.88 Å². The number of allylic oxidation sites excluding steroid dienone is 1. The van der Waals surface area contributed by atoms with E-state index < -0.39 is 48.1 Å². The van der Waals surface area contributed by atoms with Gasteiger partial charge in [0, 0.05) is 18.1 Å². The minimum absolute atomic E-state index is 0.0577. The Morgan fingerprint density at radius 1 is 1.00 bits per heavy atom. The maximum atomic E-state index is 13.5. The van der Waals surface area contributed by atoms with Gasteiger partial charge in [0.2, 0.25) is 11.8 Å². The van der Waals surface area contributed by atoms with Crippen LogP contribution in [0.1, 0.15) is 23.1 Å². The van der Waals surface area contributed by atoms with Crippen LogP contribution in [-0.4, -0.2) is 23.7 Å². The summed E-state index contributed by atoms with van der Waals surface area (Å²) in [7, 11) is 0. The van der Waals surface area contributed by atoms with E-state index in [1.54, 1.807) is 0 Å². The van der Waals surface area contributed by atoms with Crippen LogP contribution in [0.15, 0.2) is 49.1 Å². The number of ether oxygens (including phenoxy) is 1. The Balaban J connectivity index is 2.07. The lowest BCUT2D eigenvalue weighted by molar-refractivity contribution is -0.154. The first-order valence-electron chi connectivity index (χ1n) is 8.89. The van der Waals surface area contributed by atoms with Crippen LogP contribution >= 0.6 is 0 Å². The molecule has 1 amide bonds. The molecule has 0 aliphatic carbocycles. The van der Waals surface area contributed by atoms with Crippen molar-refractivity contribution < 1.29 is 44.7 Å². The molecular weight excluding hydrogens is 452 g/mol. The molecule has 0 saturated heterocycles. The Bertz CT molecular complexity index is 954. The molecule has 0 aliphatic heterocycles. The SMILES string of the molecule is C=CC(F)(F)c1ccc(CCC(=O)Nc2cc(C(F)(F)F)cc(OCC(F)(F)F)n2)cc1. The Morgan fingerprint density at radius 2 is 1.62 bits per heavy atom. The fraction of sp³-hybridized carbons (Fsp3) is 0.300. The molecule has 2 rings (SSSR count). The van der Waals surface area contributed by atoms with Crippen LogP contribution in [-0.2, 0) is 23.3 Å². The van der Waals surface area contributed by atoms with Crippen molar-refractivity contribution in [3.63, 3.8) is 0 Å². The first-order valence-corrected chi connectivity index (χ1v) is 8.89. The molecule has 0 fully saturated rings. The molecule has 0 saturated carbocycles. The van der Waals surface area contributed by atoms with Crippen molar-refractivity contribution in [2.75, 3.05) is 11.9 Å². The lowest BCUT2D eigenvalue weighted by Gasteiger charge is -2.14. The Kier molecular flexibility index (Phi) is 7.47. The smallest absolute Gasteiger partial charge is 0.422 e. The molecule has 32 heavy (non-hydrogen) atoms. The summed E-state index contributed by atoms with van der Waals surface area (Å²) < 4.78 is 107. The number of aryl methyl sites for hydroxylation is 1. The Morgan fingerprint density at radius 3 is 2.16 bits per heavy atom. The van der Waals surface area contributed by atoms with E-state index in [0.29, 0.717) is 17.7 Å². The maximum absolute atomic E-state index is 13.5. The zero-order valence-corrected chi connectivity index (χ0v) is 16.2. The number of carbonyl (C=O) groups is 1. The number of halogens is 8. The third kappa shape index (κ3) is 7.50. The van der Waals surface area contributed by atoms with E-state index >= 15 is 0 Å². The second-order valence-electron chi connectivity index (χ2n) is 6.55. The highest BCUT2D eigenvalue weighted by Gasteiger charge is 2.33. The molecule has 0 atom stereocenters. The second-order valence-corrected chi connectivity index (χ2v) is 6.55. The highest BCUT2D eigenvalue weighted by atomic mass is 19.4. The van der Waals surface area contributed by atoms with Crippen LogP contribution in [0.5, 0.6) is 5.88 Å². The lowest BCUT2D eigenvalue weighted by Crippen LogP contribution is -2.21. The summed E-state index contributed by atoms with van der Waals surface area (Å²) in [5.41, 5.74) is -1.17. The summed E-state index contributed by atoms with van der Waals surface area (Å²) in [6.07, 6.45) is -9.45. The highest BCUT2D eigenvalue weighted by Crippen LogP contribution is 2.33. The number of amides is 1. The molecule has 0 spiro atoms. The van der Waals surface area contributed by atoms with Crippen LogP contribution in [0.4, 0.5) is 40.9 Å². The predicted molar refractivity (Wildman–Crippen MR) is 98.3 cm³/mol. The predicted octanol–water partition coefficient (Wildman–Crippen LogP) is 5.89. The quantitative estimate of drug-likeness (QED) is 0.388. The van der Waals surface area contributed by atoms with Crippen molar-refractivity contribution in [2.24, 2.45) is 0 Å². The van der Waals surface area contributed by atoms with Gasteiger partial charge >= 0.3 is 12.4 Å². The Labute approximate surface area is 176 Å². The summed E-state index contributed by atoms with van der Waals surface area (Å²) in [5, 5.41) is 2.06. The monoisotopic (exact) mass is 468 g/mol. The van der Waals surface area contributed by atoms with Gasteiger partial charge in [-0.15, -0.1) is 0 Å². The molecule has 174 valence electrons. The number of hydrogen-bond donors (Lipinski definition) is 1. The number of nitrogens with one attached hydrogen (secondary N) is 1. The molecule has 2 aromatic rings. The summed E-state index contributed by atoms with van der Waals surface area (Å²) in [5.74, 6) is -5.63. The number of benzene rings is 1. The number of alkyl halides is 8. The van der Waals surface area contributed by atoms with Crippen molar-refractivity contribution in [3.05, 3.63) is 65.7 Å². The zero-order chi connectivity index (χ0) is 24.2. The van der Waals surface area contributed by atoms with Crippen molar-refractivity contribution in [2.45, 2.75) is 31.1 Å². The third-order valence-electron chi connectivity index (χ3n) is 4.02.